The molecule has 1 rings (SSSR count). The summed E-state index contributed by atoms with van der Waals surface area (Å²) in [5.41, 5.74) is -0.475. The predicted molar refractivity (Wildman–Crippen MR) is 44.2 cm³/mol. The van der Waals surface area contributed by atoms with E-state index in [1.807, 2.05) is 0 Å². The Balaban J connectivity index is 3.43. The summed E-state index contributed by atoms with van der Waals surface area (Å²) in [6, 6.07) is 2.12. The van der Waals surface area contributed by atoms with Crippen LogP contribution < -0.4 is 0 Å². The van der Waals surface area contributed by atoms with Gasteiger partial charge in [0.15, 0.2) is 11.6 Å². The molecule has 0 fully saturated rings. The SMILES string of the molecule is O=C(Cl)c1c(Br)ccc(F)c1F. The van der Waals surface area contributed by atoms with E-state index >= 15 is 0 Å². The predicted octanol–water partition coefficient (Wildman–Crippen LogP) is 3.11. The molecular formula is C7H2BrClF2O. The van der Waals surface area contributed by atoms with Crippen molar-refractivity contribution in [1.82, 2.24) is 0 Å². The lowest BCUT2D eigenvalue weighted by Gasteiger charge is -2.00. The van der Waals surface area contributed by atoms with Gasteiger partial charge in [-0.2, -0.15) is 0 Å². The largest absolute Gasteiger partial charge is 0.275 e. The molecular weight excluding hydrogens is 253 g/mol. The van der Waals surface area contributed by atoms with Crippen LogP contribution in [0.1, 0.15) is 10.4 Å². The van der Waals surface area contributed by atoms with Gasteiger partial charge in [-0.15, -0.1) is 0 Å². The minimum atomic E-state index is -1.23. The van der Waals surface area contributed by atoms with Crippen LogP contribution in [-0.4, -0.2) is 5.24 Å². The summed E-state index contributed by atoms with van der Waals surface area (Å²) >= 11 is 7.88. The van der Waals surface area contributed by atoms with Crippen molar-refractivity contribution in [3.63, 3.8) is 0 Å². The topological polar surface area (TPSA) is 17.1 Å². The van der Waals surface area contributed by atoms with Gasteiger partial charge in [-0.25, -0.2) is 8.78 Å². The van der Waals surface area contributed by atoms with Crippen LogP contribution in [-0.2, 0) is 0 Å². The summed E-state index contributed by atoms with van der Waals surface area (Å²) in [4.78, 5) is 10.6. The highest BCUT2D eigenvalue weighted by molar-refractivity contribution is 9.10. The molecule has 0 N–H and O–H groups in total. The van der Waals surface area contributed by atoms with Crippen molar-refractivity contribution in [2.45, 2.75) is 0 Å². The molecule has 0 aliphatic rings. The van der Waals surface area contributed by atoms with Crippen LogP contribution in [0.15, 0.2) is 16.6 Å². The zero-order valence-electron chi connectivity index (χ0n) is 5.57. The van der Waals surface area contributed by atoms with E-state index in [0.717, 1.165) is 6.07 Å². The highest BCUT2D eigenvalue weighted by atomic mass is 79.9. The van der Waals surface area contributed by atoms with E-state index in [2.05, 4.69) is 15.9 Å². The molecule has 64 valence electrons. The molecule has 0 aliphatic carbocycles. The van der Waals surface area contributed by atoms with Crippen molar-refractivity contribution in [2.24, 2.45) is 0 Å². The van der Waals surface area contributed by atoms with Crippen molar-refractivity contribution in [3.05, 3.63) is 33.8 Å². The Morgan fingerprint density at radius 1 is 1.42 bits per heavy atom. The maximum absolute atomic E-state index is 12.8. The zero-order valence-corrected chi connectivity index (χ0v) is 7.92. The quantitative estimate of drug-likeness (QED) is 0.557. The molecule has 0 radical (unpaired) electrons. The third kappa shape index (κ3) is 1.64. The smallest absolute Gasteiger partial charge is 0.256 e. The van der Waals surface area contributed by atoms with Crippen molar-refractivity contribution in [1.29, 1.82) is 0 Å². The fourth-order valence-corrected chi connectivity index (χ4v) is 1.49. The van der Waals surface area contributed by atoms with Gasteiger partial charge in [0.2, 0.25) is 0 Å². The number of carbonyl (C=O) groups excluding carboxylic acids is 1. The number of carbonyl (C=O) groups is 1. The van der Waals surface area contributed by atoms with E-state index in [0.29, 0.717) is 0 Å². The second-order valence-corrected chi connectivity index (χ2v) is 3.19. The minimum absolute atomic E-state index is 0.140. The van der Waals surface area contributed by atoms with Crippen LogP contribution in [0.25, 0.3) is 0 Å². The Labute approximate surface area is 80.5 Å². The van der Waals surface area contributed by atoms with Crippen LogP contribution in [0.4, 0.5) is 8.78 Å². The molecule has 12 heavy (non-hydrogen) atoms. The Kier molecular flexibility index (Phi) is 2.80. The first-order valence-electron chi connectivity index (χ1n) is 2.87. The van der Waals surface area contributed by atoms with Gasteiger partial charge in [-0.05, 0) is 39.7 Å². The minimum Gasteiger partial charge on any atom is -0.275 e. The molecule has 0 saturated heterocycles. The van der Waals surface area contributed by atoms with Gasteiger partial charge in [-0.1, -0.05) is 0 Å². The monoisotopic (exact) mass is 254 g/mol. The average molecular weight is 255 g/mol. The lowest BCUT2D eigenvalue weighted by atomic mass is 10.2. The van der Waals surface area contributed by atoms with Gasteiger partial charge in [0.05, 0.1) is 5.56 Å². The van der Waals surface area contributed by atoms with Crippen LogP contribution in [0.3, 0.4) is 0 Å². The third-order valence-corrected chi connectivity index (χ3v) is 2.09. The fourth-order valence-electron chi connectivity index (χ4n) is 0.707. The van der Waals surface area contributed by atoms with E-state index in [1.54, 1.807) is 0 Å². The number of rotatable bonds is 1. The molecule has 0 aliphatic heterocycles. The molecule has 1 aromatic rings. The van der Waals surface area contributed by atoms with E-state index in [-0.39, 0.29) is 4.47 Å². The maximum Gasteiger partial charge on any atom is 0.256 e. The summed E-state index contributed by atoms with van der Waals surface area (Å²) < 4.78 is 25.5. The van der Waals surface area contributed by atoms with Crippen LogP contribution in [0, 0.1) is 11.6 Å². The number of hydrogen-bond donors (Lipinski definition) is 0. The average Bonchev–Trinajstić information content (AvgIpc) is 1.97. The Morgan fingerprint density at radius 2 is 2.00 bits per heavy atom. The summed E-state index contributed by atoms with van der Waals surface area (Å²) in [6.45, 7) is 0. The summed E-state index contributed by atoms with van der Waals surface area (Å²) in [6.07, 6.45) is 0. The van der Waals surface area contributed by atoms with Gasteiger partial charge < -0.3 is 0 Å². The molecule has 0 aromatic heterocycles. The maximum atomic E-state index is 12.8. The van der Waals surface area contributed by atoms with Crippen LogP contribution in [0.5, 0.6) is 0 Å². The van der Waals surface area contributed by atoms with Crippen LogP contribution >= 0.6 is 27.5 Å². The van der Waals surface area contributed by atoms with Crippen molar-refractivity contribution in [2.75, 3.05) is 0 Å². The molecule has 1 nitrogen and oxygen atoms in total. The van der Waals surface area contributed by atoms with Crippen molar-refractivity contribution < 1.29 is 13.6 Å². The Morgan fingerprint density at radius 3 is 2.42 bits per heavy atom. The van der Waals surface area contributed by atoms with E-state index in [1.165, 1.54) is 6.07 Å². The highest BCUT2D eigenvalue weighted by Crippen LogP contribution is 2.23. The van der Waals surface area contributed by atoms with Gasteiger partial charge in [0.1, 0.15) is 0 Å². The highest BCUT2D eigenvalue weighted by Gasteiger charge is 2.16. The molecule has 0 amide bonds. The lowest BCUT2D eigenvalue weighted by Crippen LogP contribution is -1.98. The Hall–Kier alpha value is -0.480. The van der Waals surface area contributed by atoms with Crippen molar-refractivity contribution in [3.8, 4) is 0 Å². The summed E-state index contributed by atoms with van der Waals surface area (Å²) in [5.74, 6) is -2.33. The van der Waals surface area contributed by atoms with Gasteiger partial charge >= 0.3 is 0 Å². The van der Waals surface area contributed by atoms with Gasteiger partial charge in [0.25, 0.3) is 5.24 Å². The lowest BCUT2D eigenvalue weighted by molar-refractivity contribution is 0.107. The van der Waals surface area contributed by atoms with E-state index in [4.69, 9.17) is 11.6 Å². The molecule has 5 heteroatoms. The first-order valence-corrected chi connectivity index (χ1v) is 4.04. The third-order valence-electron chi connectivity index (χ3n) is 1.24. The van der Waals surface area contributed by atoms with E-state index < -0.39 is 22.4 Å². The fraction of sp³-hybridized carbons (Fsp3) is 0. The molecule has 1 aromatic carbocycles. The molecule has 0 spiro atoms. The number of benzene rings is 1. The normalized spacial score (nSPS) is 10.0. The van der Waals surface area contributed by atoms with E-state index in [9.17, 15) is 13.6 Å². The van der Waals surface area contributed by atoms with Crippen LogP contribution in [0.2, 0.25) is 0 Å². The first kappa shape index (κ1) is 9.61. The first-order chi connectivity index (χ1) is 5.54. The molecule has 0 unspecified atom stereocenters. The second kappa shape index (κ2) is 3.49. The van der Waals surface area contributed by atoms with Crippen molar-refractivity contribution >= 4 is 32.8 Å². The van der Waals surface area contributed by atoms with Gasteiger partial charge in [-0.3, -0.25) is 4.79 Å². The zero-order chi connectivity index (χ0) is 9.30. The van der Waals surface area contributed by atoms with Gasteiger partial charge in [0, 0.05) is 4.47 Å². The molecule has 0 atom stereocenters. The number of halogens is 4. The standard InChI is InChI=1S/C7H2BrClF2O/c8-3-1-2-4(10)6(11)5(3)7(9)12/h1-2H. The number of hydrogen-bond acceptors (Lipinski definition) is 1. The summed E-state index contributed by atoms with van der Waals surface area (Å²) in [5, 5.41) is -1.03. The summed E-state index contributed by atoms with van der Waals surface area (Å²) in [7, 11) is 0. The molecule has 0 bridgehead atoms. The molecule has 0 saturated carbocycles. The second-order valence-electron chi connectivity index (χ2n) is 1.99. The Bertz CT molecular complexity index is 340. The molecule has 0 heterocycles.